The molecule has 4 rings (SSSR count). The number of ketones is 1. The first-order chi connectivity index (χ1) is 15.3. The highest BCUT2D eigenvalue weighted by atomic mass is 35.5. The molecule has 0 spiro atoms. The number of carbonyl (C=O) groups is 2. The van der Waals surface area contributed by atoms with Crippen LogP contribution in [-0.2, 0) is 0 Å². The highest BCUT2D eigenvalue weighted by Gasteiger charge is 2.22. The SMILES string of the molecule is CN1CCN(c2ncc(NC(=O)c3cc(C(=O)c4c(Cl)ccc(Cl)c4F)c[nH]3)cn2)CC1. The topological polar surface area (TPSA) is 94.2 Å². The summed E-state index contributed by atoms with van der Waals surface area (Å²) in [5, 5.41) is 2.38. The number of aromatic nitrogens is 3. The van der Waals surface area contributed by atoms with Gasteiger partial charge in [0.25, 0.3) is 5.91 Å². The molecule has 0 bridgehead atoms. The van der Waals surface area contributed by atoms with Crippen molar-refractivity contribution in [2.24, 2.45) is 0 Å². The lowest BCUT2D eigenvalue weighted by Crippen LogP contribution is -2.45. The summed E-state index contributed by atoms with van der Waals surface area (Å²) in [4.78, 5) is 40.9. The Bertz CT molecular complexity index is 1160. The van der Waals surface area contributed by atoms with Crippen LogP contribution in [0.5, 0.6) is 0 Å². The van der Waals surface area contributed by atoms with E-state index >= 15 is 0 Å². The number of hydrogen-bond acceptors (Lipinski definition) is 6. The van der Waals surface area contributed by atoms with E-state index in [2.05, 4.69) is 37.1 Å². The van der Waals surface area contributed by atoms with Gasteiger partial charge in [-0.25, -0.2) is 14.4 Å². The third-order valence-electron chi connectivity index (χ3n) is 5.14. The molecular weight excluding hydrogens is 458 g/mol. The zero-order chi connectivity index (χ0) is 22.8. The molecule has 0 aliphatic carbocycles. The summed E-state index contributed by atoms with van der Waals surface area (Å²) < 4.78 is 14.3. The molecule has 2 aromatic heterocycles. The number of nitrogens with zero attached hydrogens (tertiary/aromatic N) is 4. The van der Waals surface area contributed by atoms with Gasteiger partial charge in [-0.2, -0.15) is 0 Å². The molecule has 3 heterocycles. The number of amides is 1. The third kappa shape index (κ3) is 4.59. The van der Waals surface area contributed by atoms with Crippen molar-refractivity contribution < 1.29 is 14.0 Å². The number of piperazine rings is 1. The molecule has 11 heteroatoms. The minimum atomic E-state index is -0.908. The molecule has 8 nitrogen and oxygen atoms in total. The molecule has 2 N–H and O–H groups in total. The fraction of sp³-hybridized carbons (Fsp3) is 0.238. The lowest BCUT2D eigenvalue weighted by atomic mass is 10.0. The summed E-state index contributed by atoms with van der Waals surface area (Å²) in [5.74, 6) is -1.50. The Labute approximate surface area is 193 Å². The van der Waals surface area contributed by atoms with Gasteiger partial charge in [-0.15, -0.1) is 0 Å². The van der Waals surface area contributed by atoms with E-state index in [1.165, 1.54) is 36.8 Å². The van der Waals surface area contributed by atoms with Crippen LogP contribution in [0.25, 0.3) is 0 Å². The van der Waals surface area contributed by atoms with Crippen molar-refractivity contribution in [1.82, 2.24) is 19.9 Å². The molecule has 1 saturated heterocycles. The monoisotopic (exact) mass is 476 g/mol. The van der Waals surface area contributed by atoms with Crippen LogP contribution in [-0.4, -0.2) is 64.8 Å². The lowest BCUT2D eigenvalue weighted by molar-refractivity contribution is 0.102. The van der Waals surface area contributed by atoms with Crippen LogP contribution in [0.1, 0.15) is 26.4 Å². The molecule has 1 fully saturated rings. The molecule has 32 heavy (non-hydrogen) atoms. The second-order valence-electron chi connectivity index (χ2n) is 7.37. The van der Waals surface area contributed by atoms with Gasteiger partial charge in [0.05, 0.1) is 33.7 Å². The Morgan fingerprint density at radius 2 is 1.75 bits per heavy atom. The number of halogens is 3. The maximum atomic E-state index is 14.3. The maximum absolute atomic E-state index is 14.3. The van der Waals surface area contributed by atoms with E-state index in [9.17, 15) is 14.0 Å². The van der Waals surface area contributed by atoms with Gasteiger partial charge in [0.15, 0.2) is 11.6 Å². The number of nitrogens with one attached hydrogen (secondary N) is 2. The van der Waals surface area contributed by atoms with E-state index in [1.807, 2.05) is 0 Å². The molecule has 0 radical (unpaired) electrons. The number of carbonyl (C=O) groups excluding carboxylic acids is 2. The normalized spacial score (nSPS) is 14.4. The van der Waals surface area contributed by atoms with Gasteiger partial charge in [-0.1, -0.05) is 23.2 Å². The first kappa shape index (κ1) is 22.2. The first-order valence-electron chi connectivity index (χ1n) is 9.77. The maximum Gasteiger partial charge on any atom is 0.272 e. The van der Waals surface area contributed by atoms with E-state index in [4.69, 9.17) is 23.2 Å². The number of benzene rings is 1. The molecule has 0 saturated carbocycles. The van der Waals surface area contributed by atoms with Crippen molar-refractivity contribution in [2.45, 2.75) is 0 Å². The minimum Gasteiger partial charge on any atom is -0.356 e. The second kappa shape index (κ2) is 9.23. The van der Waals surface area contributed by atoms with Crippen LogP contribution >= 0.6 is 23.2 Å². The van der Waals surface area contributed by atoms with Crippen molar-refractivity contribution in [1.29, 1.82) is 0 Å². The number of H-pyrrole nitrogens is 1. The first-order valence-corrected chi connectivity index (χ1v) is 10.5. The molecule has 1 aliphatic heterocycles. The van der Waals surface area contributed by atoms with E-state index < -0.39 is 17.5 Å². The highest BCUT2D eigenvalue weighted by Crippen LogP contribution is 2.28. The Morgan fingerprint density at radius 3 is 2.44 bits per heavy atom. The van der Waals surface area contributed by atoms with Crippen molar-refractivity contribution in [2.75, 3.05) is 43.4 Å². The molecule has 0 unspecified atom stereocenters. The predicted octanol–water partition coefficient (Wildman–Crippen LogP) is 3.49. The lowest BCUT2D eigenvalue weighted by Gasteiger charge is -2.32. The van der Waals surface area contributed by atoms with Gasteiger partial charge >= 0.3 is 0 Å². The summed E-state index contributed by atoms with van der Waals surface area (Å²) in [6.07, 6.45) is 4.35. The van der Waals surface area contributed by atoms with Crippen LogP contribution in [0.4, 0.5) is 16.0 Å². The zero-order valence-corrected chi connectivity index (χ0v) is 18.5. The third-order valence-corrected chi connectivity index (χ3v) is 5.75. The standard InChI is InChI=1S/C21H19Cl2FN6O2/c1-29-4-6-30(7-5-29)21-26-10-13(11-27-21)28-20(32)16-8-12(9-25-16)19(31)17-14(22)2-3-15(23)18(17)24/h2-3,8-11,25H,4-7H2,1H3,(H,28,32). The number of likely N-dealkylation sites (N-methyl/N-ethyl adjacent to an activating group) is 1. The quantitative estimate of drug-likeness (QED) is 0.432. The second-order valence-corrected chi connectivity index (χ2v) is 8.18. The fourth-order valence-electron chi connectivity index (χ4n) is 3.29. The fourth-order valence-corrected chi connectivity index (χ4v) is 3.68. The molecule has 1 amide bonds. The van der Waals surface area contributed by atoms with Gasteiger partial charge in [0.1, 0.15) is 5.69 Å². The van der Waals surface area contributed by atoms with Crippen molar-refractivity contribution in [3.63, 3.8) is 0 Å². The number of rotatable bonds is 5. The molecule has 3 aromatic rings. The van der Waals surface area contributed by atoms with E-state index in [-0.39, 0.29) is 26.9 Å². The van der Waals surface area contributed by atoms with Crippen LogP contribution in [0.15, 0.2) is 36.8 Å². The van der Waals surface area contributed by atoms with Crippen LogP contribution in [0.2, 0.25) is 10.0 Å². The largest absolute Gasteiger partial charge is 0.356 e. The zero-order valence-electron chi connectivity index (χ0n) is 17.0. The molecule has 166 valence electrons. The minimum absolute atomic E-state index is 0.0679. The molecule has 1 aromatic carbocycles. The van der Waals surface area contributed by atoms with E-state index in [0.29, 0.717) is 11.6 Å². The molecule has 1 aliphatic rings. The van der Waals surface area contributed by atoms with Gasteiger partial charge in [-0.3, -0.25) is 9.59 Å². The highest BCUT2D eigenvalue weighted by molar-refractivity contribution is 6.37. The Balaban J connectivity index is 1.44. The number of hydrogen-bond donors (Lipinski definition) is 2. The van der Waals surface area contributed by atoms with Gasteiger partial charge in [-0.05, 0) is 25.2 Å². The number of aromatic amines is 1. The van der Waals surface area contributed by atoms with Crippen LogP contribution < -0.4 is 10.2 Å². The average molecular weight is 477 g/mol. The van der Waals surface area contributed by atoms with Gasteiger partial charge in [0.2, 0.25) is 5.95 Å². The Kier molecular flexibility index (Phi) is 6.40. The molecular formula is C21H19Cl2FN6O2. The van der Waals surface area contributed by atoms with E-state index in [1.54, 1.807) is 0 Å². The summed E-state index contributed by atoms with van der Waals surface area (Å²) in [6.45, 7) is 3.53. The summed E-state index contributed by atoms with van der Waals surface area (Å²) in [5.41, 5.74) is 0.229. The number of anilines is 2. The molecule has 0 atom stereocenters. The van der Waals surface area contributed by atoms with E-state index in [0.717, 1.165) is 26.2 Å². The van der Waals surface area contributed by atoms with Crippen LogP contribution in [0.3, 0.4) is 0 Å². The van der Waals surface area contributed by atoms with Crippen molar-refractivity contribution in [3.8, 4) is 0 Å². The van der Waals surface area contributed by atoms with Crippen LogP contribution in [0, 0.1) is 5.82 Å². The summed E-state index contributed by atoms with van der Waals surface area (Å²) >= 11 is 11.7. The Hall–Kier alpha value is -3.01. The van der Waals surface area contributed by atoms with Crippen molar-refractivity contribution in [3.05, 3.63) is 69.5 Å². The Morgan fingerprint density at radius 1 is 1.09 bits per heavy atom. The smallest absolute Gasteiger partial charge is 0.272 e. The van der Waals surface area contributed by atoms with Gasteiger partial charge < -0.3 is 20.1 Å². The average Bonchev–Trinajstić information content (AvgIpc) is 3.28. The predicted molar refractivity (Wildman–Crippen MR) is 120 cm³/mol. The summed E-state index contributed by atoms with van der Waals surface area (Å²) in [6, 6.07) is 3.92. The van der Waals surface area contributed by atoms with Crippen molar-refractivity contribution >= 4 is 46.5 Å². The van der Waals surface area contributed by atoms with Gasteiger partial charge in [0, 0.05) is 37.9 Å². The summed E-state index contributed by atoms with van der Waals surface area (Å²) in [7, 11) is 2.07.